The van der Waals surface area contributed by atoms with Crippen molar-refractivity contribution < 1.29 is 23.9 Å². The van der Waals surface area contributed by atoms with Gasteiger partial charge in [0.2, 0.25) is 5.78 Å². The van der Waals surface area contributed by atoms with E-state index in [4.69, 9.17) is 4.74 Å². The lowest BCUT2D eigenvalue weighted by atomic mass is 9.85. The van der Waals surface area contributed by atoms with Crippen LogP contribution in [0.3, 0.4) is 0 Å². The van der Waals surface area contributed by atoms with Crippen molar-refractivity contribution in [3.05, 3.63) is 94.7 Å². The molecule has 1 fully saturated rings. The van der Waals surface area contributed by atoms with Gasteiger partial charge < -0.3 is 4.74 Å². The Kier molecular flexibility index (Phi) is 6.60. The van der Waals surface area contributed by atoms with Crippen LogP contribution >= 0.6 is 0 Å². The van der Waals surface area contributed by atoms with E-state index in [-0.39, 0.29) is 11.4 Å². The van der Waals surface area contributed by atoms with Gasteiger partial charge in [-0.2, -0.15) is 0 Å². The van der Waals surface area contributed by atoms with E-state index in [0.29, 0.717) is 17.0 Å². The van der Waals surface area contributed by atoms with Crippen LogP contribution in [0.1, 0.15) is 63.2 Å². The largest absolute Gasteiger partial charge is 0.465 e. The number of aromatic nitrogens is 1. The van der Waals surface area contributed by atoms with Gasteiger partial charge in [-0.05, 0) is 36.1 Å². The second-order valence-corrected chi connectivity index (χ2v) is 8.91. The van der Waals surface area contributed by atoms with Crippen LogP contribution in [0.5, 0.6) is 0 Å². The number of nitrogens with zero attached hydrogens (tertiary/aromatic N) is 2. The molecule has 0 bridgehead atoms. The van der Waals surface area contributed by atoms with E-state index in [1.165, 1.54) is 30.3 Å². The first-order chi connectivity index (χ1) is 16.7. The number of amides is 1. The Bertz CT molecular complexity index is 1280. The fraction of sp³-hybridized carbons (Fsp3) is 0.250. The molecule has 0 radical (unpaired) electrons. The van der Waals surface area contributed by atoms with E-state index in [1.807, 2.05) is 31.2 Å². The number of hydrogen-bond donors (Lipinski definition) is 0. The van der Waals surface area contributed by atoms with Crippen molar-refractivity contribution in [1.29, 1.82) is 0 Å². The van der Waals surface area contributed by atoms with Crippen LogP contribution in [-0.4, -0.2) is 35.5 Å². The van der Waals surface area contributed by atoms with E-state index < -0.39 is 35.4 Å². The summed E-state index contributed by atoms with van der Waals surface area (Å²) in [6.45, 7) is 6.05. The third-order valence-electron chi connectivity index (χ3n) is 6.28. The van der Waals surface area contributed by atoms with Crippen molar-refractivity contribution in [2.45, 2.75) is 32.7 Å². The lowest BCUT2D eigenvalue weighted by Crippen LogP contribution is -2.31. The Morgan fingerprint density at radius 1 is 0.914 bits per heavy atom. The Balaban J connectivity index is 1.81. The molecule has 1 aliphatic rings. The SMILES string of the molecule is COC(=O)c1ccc(N2C(=O)C(=O)C(C(=O)c3ccc(C)cc3)C2c2ccc(C(C)C)cc2)nc1. The van der Waals surface area contributed by atoms with Crippen LogP contribution < -0.4 is 4.90 Å². The number of pyridine rings is 1. The predicted molar refractivity (Wildman–Crippen MR) is 130 cm³/mol. The monoisotopic (exact) mass is 470 g/mol. The van der Waals surface area contributed by atoms with E-state index in [1.54, 1.807) is 24.3 Å². The molecule has 1 saturated heterocycles. The summed E-state index contributed by atoms with van der Waals surface area (Å²) in [5.41, 5.74) is 3.30. The molecule has 2 unspecified atom stereocenters. The second kappa shape index (κ2) is 9.62. The van der Waals surface area contributed by atoms with Gasteiger partial charge in [-0.3, -0.25) is 19.3 Å². The zero-order chi connectivity index (χ0) is 25.3. The number of ketones is 2. The molecule has 178 valence electrons. The van der Waals surface area contributed by atoms with Crippen molar-refractivity contribution in [3.63, 3.8) is 0 Å². The summed E-state index contributed by atoms with van der Waals surface area (Å²) in [7, 11) is 1.26. The van der Waals surface area contributed by atoms with Crippen LogP contribution in [0.25, 0.3) is 0 Å². The summed E-state index contributed by atoms with van der Waals surface area (Å²) in [6, 6.07) is 16.6. The Morgan fingerprint density at radius 2 is 1.54 bits per heavy atom. The van der Waals surface area contributed by atoms with Gasteiger partial charge in [-0.1, -0.05) is 67.9 Å². The molecule has 3 aromatic rings. The number of Topliss-reactive ketones (excluding diaryl/α,β-unsaturated/α-hetero) is 2. The molecule has 7 heteroatoms. The van der Waals surface area contributed by atoms with Crippen LogP contribution in [-0.2, 0) is 14.3 Å². The summed E-state index contributed by atoms with van der Waals surface area (Å²) < 4.78 is 4.71. The zero-order valence-electron chi connectivity index (χ0n) is 20.0. The van der Waals surface area contributed by atoms with Gasteiger partial charge in [0.1, 0.15) is 11.7 Å². The highest BCUT2D eigenvalue weighted by Gasteiger charge is 2.52. The number of carbonyl (C=O) groups excluding carboxylic acids is 4. The van der Waals surface area contributed by atoms with Crippen LogP contribution in [0.4, 0.5) is 5.82 Å². The molecule has 35 heavy (non-hydrogen) atoms. The minimum atomic E-state index is -1.22. The van der Waals surface area contributed by atoms with Gasteiger partial charge in [-0.25, -0.2) is 9.78 Å². The number of ether oxygens (including phenoxy) is 1. The lowest BCUT2D eigenvalue weighted by Gasteiger charge is -2.27. The van der Waals surface area contributed by atoms with Crippen molar-refractivity contribution in [3.8, 4) is 0 Å². The highest BCUT2D eigenvalue weighted by molar-refractivity contribution is 6.48. The first-order valence-corrected chi connectivity index (χ1v) is 11.4. The quantitative estimate of drug-likeness (QED) is 0.229. The average Bonchev–Trinajstić information content (AvgIpc) is 3.14. The Hall–Kier alpha value is -4.13. The molecule has 0 aliphatic carbocycles. The Labute approximate surface area is 203 Å². The number of methoxy groups -OCH3 is 1. The van der Waals surface area contributed by atoms with Crippen molar-refractivity contribution >= 4 is 29.3 Å². The normalized spacial score (nSPS) is 17.7. The molecule has 0 spiro atoms. The molecule has 0 saturated carbocycles. The van der Waals surface area contributed by atoms with E-state index in [0.717, 1.165) is 11.1 Å². The van der Waals surface area contributed by atoms with Gasteiger partial charge in [-0.15, -0.1) is 0 Å². The molecule has 2 aromatic carbocycles. The third-order valence-corrected chi connectivity index (χ3v) is 6.28. The van der Waals surface area contributed by atoms with Gasteiger partial charge in [0.15, 0.2) is 5.78 Å². The van der Waals surface area contributed by atoms with Gasteiger partial charge in [0.05, 0.1) is 18.7 Å². The highest BCUT2D eigenvalue weighted by atomic mass is 16.5. The first-order valence-electron chi connectivity index (χ1n) is 11.4. The molecule has 2 heterocycles. The smallest absolute Gasteiger partial charge is 0.339 e. The average molecular weight is 471 g/mol. The van der Waals surface area contributed by atoms with Crippen molar-refractivity contribution in [1.82, 2.24) is 4.98 Å². The van der Waals surface area contributed by atoms with Crippen LogP contribution in [0.15, 0.2) is 66.9 Å². The number of aryl methyl sites for hydroxylation is 1. The third kappa shape index (κ3) is 4.49. The van der Waals surface area contributed by atoms with Gasteiger partial charge >= 0.3 is 5.97 Å². The number of carbonyl (C=O) groups is 4. The Morgan fingerprint density at radius 3 is 2.09 bits per heavy atom. The highest BCUT2D eigenvalue weighted by Crippen LogP contribution is 2.41. The number of hydrogen-bond acceptors (Lipinski definition) is 6. The van der Waals surface area contributed by atoms with Gasteiger partial charge in [0, 0.05) is 11.8 Å². The lowest BCUT2D eigenvalue weighted by molar-refractivity contribution is -0.135. The summed E-state index contributed by atoms with van der Waals surface area (Å²) in [6.07, 6.45) is 1.28. The van der Waals surface area contributed by atoms with Crippen LogP contribution in [0, 0.1) is 12.8 Å². The van der Waals surface area contributed by atoms with Crippen LogP contribution in [0.2, 0.25) is 0 Å². The molecule has 2 atom stereocenters. The maximum absolute atomic E-state index is 13.6. The fourth-order valence-electron chi connectivity index (χ4n) is 4.26. The van der Waals surface area contributed by atoms with E-state index in [9.17, 15) is 19.2 Å². The number of esters is 1. The minimum Gasteiger partial charge on any atom is -0.465 e. The summed E-state index contributed by atoms with van der Waals surface area (Å²) in [5, 5.41) is 0. The summed E-state index contributed by atoms with van der Waals surface area (Å²) in [5.74, 6) is -3.34. The first kappa shape index (κ1) is 24.0. The van der Waals surface area contributed by atoms with Crippen molar-refractivity contribution in [2.24, 2.45) is 5.92 Å². The maximum Gasteiger partial charge on any atom is 0.339 e. The molecular formula is C28H26N2O5. The fourth-order valence-corrected chi connectivity index (χ4v) is 4.26. The molecule has 1 aliphatic heterocycles. The van der Waals surface area contributed by atoms with Crippen molar-refractivity contribution in [2.75, 3.05) is 12.0 Å². The minimum absolute atomic E-state index is 0.174. The molecule has 1 aromatic heterocycles. The molecule has 1 amide bonds. The molecular weight excluding hydrogens is 444 g/mol. The standard InChI is InChI=1S/C28H26N2O5/c1-16(2)18-9-11-19(12-10-18)24-23(25(31)20-7-5-17(3)6-8-20)26(32)27(33)30(24)22-14-13-21(15-29-22)28(34)35-4/h5-16,23-24H,1-4H3. The molecule has 0 N–H and O–H groups in total. The maximum atomic E-state index is 13.6. The summed E-state index contributed by atoms with van der Waals surface area (Å²) in [4.78, 5) is 57.3. The predicted octanol–water partition coefficient (Wildman–Crippen LogP) is 4.46. The number of anilines is 1. The zero-order valence-corrected chi connectivity index (χ0v) is 20.0. The number of benzene rings is 2. The topological polar surface area (TPSA) is 93.6 Å². The van der Waals surface area contributed by atoms with E-state index in [2.05, 4.69) is 18.8 Å². The van der Waals surface area contributed by atoms with E-state index >= 15 is 0 Å². The number of rotatable bonds is 6. The second-order valence-electron chi connectivity index (χ2n) is 8.91. The van der Waals surface area contributed by atoms with Gasteiger partial charge in [0.25, 0.3) is 5.91 Å². The molecule has 7 nitrogen and oxygen atoms in total. The summed E-state index contributed by atoms with van der Waals surface area (Å²) >= 11 is 0. The molecule has 4 rings (SSSR count).